The van der Waals surface area contributed by atoms with Crippen molar-refractivity contribution < 1.29 is 27.9 Å². The lowest BCUT2D eigenvalue weighted by atomic mass is 10.1. The fourth-order valence-corrected chi connectivity index (χ4v) is 2.38. The lowest BCUT2D eigenvalue weighted by molar-refractivity contribution is -0.145. The summed E-state index contributed by atoms with van der Waals surface area (Å²) in [7, 11) is 1.19. The number of esters is 1. The summed E-state index contributed by atoms with van der Waals surface area (Å²) in [6, 6.07) is 2.22. The Morgan fingerprint density at radius 3 is 2.65 bits per heavy atom. The molecule has 1 aliphatic rings. The number of carbonyl (C=O) groups is 3. The number of anilines is 1. The number of amides is 2. The second kappa shape index (κ2) is 6.72. The van der Waals surface area contributed by atoms with E-state index in [0.29, 0.717) is 0 Å². The minimum atomic E-state index is -1.07. The number of nitrogens with one attached hydrogen (secondary N) is 1. The number of halogens is 2. The van der Waals surface area contributed by atoms with Crippen molar-refractivity contribution >= 4 is 23.5 Å². The number of ether oxygens (including phenoxy) is 1. The number of hydrogen-bond donors (Lipinski definition) is 1. The molecular weight excluding hydrogens is 310 g/mol. The summed E-state index contributed by atoms with van der Waals surface area (Å²) in [5.74, 6) is -4.80. The van der Waals surface area contributed by atoms with Gasteiger partial charge in [0, 0.05) is 18.3 Å². The lowest BCUT2D eigenvalue weighted by Gasteiger charge is -2.18. The second-order valence-electron chi connectivity index (χ2n) is 5.18. The first-order valence-corrected chi connectivity index (χ1v) is 6.99. The van der Waals surface area contributed by atoms with E-state index in [4.69, 9.17) is 0 Å². The predicted octanol–water partition coefficient (Wildman–Crippen LogP) is 0.995. The van der Waals surface area contributed by atoms with Crippen LogP contribution in [0.1, 0.15) is 13.3 Å². The Kier molecular flexibility index (Phi) is 4.92. The number of benzene rings is 1. The van der Waals surface area contributed by atoms with Crippen LogP contribution in [-0.4, -0.2) is 37.5 Å². The van der Waals surface area contributed by atoms with Gasteiger partial charge in [-0.05, 0) is 25.5 Å². The molecule has 0 bridgehead atoms. The lowest BCUT2D eigenvalue weighted by Crippen LogP contribution is -2.44. The molecule has 0 radical (unpaired) electrons. The van der Waals surface area contributed by atoms with Crippen LogP contribution in [0.5, 0.6) is 0 Å². The minimum absolute atomic E-state index is 0.185. The molecule has 1 N–H and O–H groups in total. The van der Waals surface area contributed by atoms with Gasteiger partial charge < -0.3 is 15.0 Å². The van der Waals surface area contributed by atoms with E-state index in [1.54, 1.807) is 0 Å². The molecule has 1 fully saturated rings. The molecule has 1 aliphatic heterocycles. The summed E-state index contributed by atoms with van der Waals surface area (Å²) >= 11 is 0. The monoisotopic (exact) mass is 326 g/mol. The van der Waals surface area contributed by atoms with E-state index in [9.17, 15) is 23.2 Å². The molecular formula is C15H16F2N2O4. The molecule has 6 nitrogen and oxygen atoms in total. The summed E-state index contributed by atoms with van der Waals surface area (Å²) in [6.45, 7) is 1.64. The van der Waals surface area contributed by atoms with Crippen molar-refractivity contribution in [1.82, 2.24) is 5.32 Å². The van der Waals surface area contributed by atoms with Crippen molar-refractivity contribution in [3.8, 4) is 0 Å². The van der Waals surface area contributed by atoms with E-state index < -0.39 is 41.4 Å². The highest BCUT2D eigenvalue weighted by Gasteiger charge is 2.38. The summed E-state index contributed by atoms with van der Waals surface area (Å²) < 4.78 is 30.7. The van der Waals surface area contributed by atoms with Crippen molar-refractivity contribution in [3.05, 3.63) is 29.8 Å². The molecule has 2 amide bonds. The average Bonchev–Trinajstić information content (AvgIpc) is 2.90. The van der Waals surface area contributed by atoms with Crippen molar-refractivity contribution in [2.45, 2.75) is 19.4 Å². The van der Waals surface area contributed by atoms with Crippen LogP contribution in [0.4, 0.5) is 14.5 Å². The third kappa shape index (κ3) is 3.46. The SMILES string of the molecule is COC(=O)[C@H](C)NC(=O)[C@H]1CCN(c2ccc(F)c(F)c2)C1=O. The third-order valence-electron chi connectivity index (χ3n) is 3.65. The molecule has 2 atom stereocenters. The van der Waals surface area contributed by atoms with E-state index in [0.717, 1.165) is 12.1 Å². The van der Waals surface area contributed by atoms with Gasteiger partial charge in [0.2, 0.25) is 11.8 Å². The zero-order chi connectivity index (χ0) is 17.1. The first-order valence-electron chi connectivity index (χ1n) is 6.99. The molecule has 1 saturated heterocycles. The smallest absolute Gasteiger partial charge is 0.328 e. The van der Waals surface area contributed by atoms with Gasteiger partial charge in [0.05, 0.1) is 7.11 Å². The van der Waals surface area contributed by atoms with Crippen LogP contribution in [0.15, 0.2) is 18.2 Å². The molecule has 8 heteroatoms. The van der Waals surface area contributed by atoms with Crippen LogP contribution in [0.3, 0.4) is 0 Å². The summed E-state index contributed by atoms with van der Waals surface area (Å²) in [6.07, 6.45) is 0.220. The van der Waals surface area contributed by atoms with E-state index in [1.807, 2.05) is 0 Å². The van der Waals surface area contributed by atoms with Crippen molar-refractivity contribution in [2.24, 2.45) is 5.92 Å². The van der Waals surface area contributed by atoms with E-state index >= 15 is 0 Å². The van der Waals surface area contributed by atoms with Gasteiger partial charge >= 0.3 is 5.97 Å². The normalized spacial score (nSPS) is 18.7. The van der Waals surface area contributed by atoms with Crippen molar-refractivity contribution in [1.29, 1.82) is 0 Å². The fraction of sp³-hybridized carbons (Fsp3) is 0.400. The van der Waals surface area contributed by atoms with E-state index in [-0.39, 0.29) is 18.7 Å². The summed E-state index contributed by atoms with van der Waals surface area (Å²) in [5, 5.41) is 2.40. The van der Waals surface area contributed by atoms with Crippen LogP contribution in [0, 0.1) is 17.6 Å². The topological polar surface area (TPSA) is 75.7 Å². The first-order chi connectivity index (χ1) is 10.8. The maximum atomic E-state index is 13.3. The molecule has 2 rings (SSSR count). The van der Waals surface area contributed by atoms with E-state index in [2.05, 4.69) is 10.1 Å². The van der Waals surface area contributed by atoms with Gasteiger partial charge in [0.25, 0.3) is 0 Å². The van der Waals surface area contributed by atoms with Crippen LogP contribution in [0.25, 0.3) is 0 Å². The van der Waals surface area contributed by atoms with Gasteiger partial charge in [0.15, 0.2) is 11.6 Å². The Labute approximate surface area is 131 Å². The van der Waals surface area contributed by atoms with Gasteiger partial charge in [-0.1, -0.05) is 0 Å². The third-order valence-corrected chi connectivity index (χ3v) is 3.65. The van der Waals surface area contributed by atoms with Crippen LogP contribution in [0.2, 0.25) is 0 Å². The highest BCUT2D eigenvalue weighted by molar-refractivity contribution is 6.10. The number of methoxy groups -OCH3 is 1. The molecule has 0 spiro atoms. The van der Waals surface area contributed by atoms with Gasteiger partial charge in [-0.3, -0.25) is 9.59 Å². The molecule has 1 aromatic rings. The standard InChI is InChI=1S/C15H16F2N2O4/c1-8(15(22)23-2)18-13(20)10-5-6-19(14(10)21)9-3-4-11(16)12(17)7-9/h3-4,7-8,10H,5-6H2,1-2H3,(H,18,20)/t8-,10+/m0/s1. The maximum Gasteiger partial charge on any atom is 0.328 e. The van der Waals surface area contributed by atoms with Gasteiger partial charge in [-0.15, -0.1) is 0 Å². The molecule has 0 saturated carbocycles. The Morgan fingerprint density at radius 1 is 1.35 bits per heavy atom. The molecule has 124 valence electrons. The minimum Gasteiger partial charge on any atom is -0.467 e. The number of hydrogen-bond acceptors (Lipinski definition) is 4. The summed E-state index contributed by atoms with van der Waals surface area (Å²) in [4.78, 5) is 36.9. The molecule has 23 heavy (non-hydrogen) atoms. The first kappa shape index (κ1) is 16.9. The molecule has 0 aliphatic carbocycles. The number of carbonyl (C=O) groups excluding carboxylic acids is 3. The quantitative estimate of drug-likeness (QED) is 0.661. The Balaban J connectivity index is 2.07. The average molecular weight is 326 g/mol. The highest BCUT2D eigenvalue weighted by Crippen LogP contribution is 2.26. The Morgan fingerprint density at radius 2 is 2.04 bits per heavy atom. The molecule has 0 aromatic heterocycles. The summed E-state index contributed by atoms with van der Waals surface area (Å²) in [5.41, 5.74) is 0.185. The molecule has 0 unspecified atom stereocenters. The van der Waals surface area contributed by atoms with Crippen LogP contribution >= 0.6 is 0 Å². The number of nitrogens with zero attached hydrogens (tertiary/aromatic N) is 1. The van der Waals surface area contributed by atoms with Crippen molar-refractivity contribution in [3.63, 3.8) is 0 Å². The predicted molar refractivity (Wildman–Crippen MR) is 76.4 cm³/mol. The highest BCUT2D eigenvalue weighted by atomic mass is 19.2. The largest absolute Gasteiger partial charge is 0.467 e. The van der Waals surface area contributed by atoms with Gasteiger partial charge in [0.1, 0.15) is 12.0 Å². The van der Waals surface area contributed by atoms with Gasteiger partial charge in [-0.25, -0.2) is 13.6 Å². The van der Waals surface area contributed by atoms with Crippen molar-refractivity contribution in [2.75, 3.05) is 18.6 Å². The Hall–Kier alpha value is -2.51. The van der Waals surface area contributed by atoms with E-state index in [1.165, 1.54) is 25.0 Å². The van der Waals surface area contributed by atoms with Gasteiger partial charge in [-0.2, -0.15) is 0 Å². The van der Waals surface area contributed by atoms with Crippen LogP contribution < -0.4 is 10.2 Å². The zero-order valence-electron chi connectivity index (χ0n) is 12.6. The fourth-order valence-electron chi connectivity index (χ4n) is 2.38. The molecule has 1 heterocycles. The Bertz CT molecular complexity index is 650. The molecule has 1 aromatic carbocycles. The number of rotatable bonds is 4. The maximum absolute atomic E-state index is 13.3. The van der Waals surface area contributed by atoms with Crippen LogP contribution in [-0.2, 0) is 19.1 Å². The zero-order valence-corrected chi connectivity index (χ0v) is 12.6. The second-order valence-corrected chi connectivity index (χ2v) is 5.18.